The van der Waals surface area contributed by atoms with Crippen molar-refractivity contribution in [2.45, 2.75) is 29.9 Å². The number of rotatable bonds is 7. The van der Waals surface area contributed by atoms with Crippen LogP contribution in [0, 0.1) is 0 Å². The Balaban J connectivity index is 2.07. The summed E-state index contributed by atoms with van der Waals surface area (Å²) in [7, 11) is -3.45. The maximum Gasteiger partial charge on any atom is 0.250 e. The van der Waals surface area contributed by atoms with Crippen LogP contribution in [0.1, 0.15) is 23.6 Å². The number of thiophene rings is 2. The van der Waals surface area contributed by atoms with E-state index in [1.165, 1.54) is 16.2 Å². The second-order valence-electron chi connectivity index (χ2n) is 5.45. The highest BCUT2D eigenvalue weighted by atomic mass is 32.2. The molecule has 2 aromatic rings. The Labute approximate surface area is 134 Å². The molecule has 2 aromatic heterocycles. The van der Waals surface area contributed by atoms with Crippen molar-refractivity contribution >= 4 is 32.7 Å². The molecule has 0 aromatic carbocycles. The van der Waals surface area contributed by atoms with Crippen LogP contribution in [0.5, 0.6) is 0 Å². The molecule has 0 saturated carbocycles. The van der Waals surface area contributed by atoms with Crippen LogP contribution < -0.4 is 10.5 Å². The summed E-state index contributed by atoms with van der Waals surface area (Å²) in [4.78, 5) is 2.16. The molecule has 116 valence electrons. The van der Waals surface area contributed by atoms with E-state index >= 15 is 0 Å². The molecule has 21 heavy (non-hydrogen) atoms. The van der Waals surface area contributed by atoms with Crippen molar-refractivity contribution in [2.75, 3.05) is 13.1 Å². The zero-order chi connectivity index (χ0) is 15.5. The van der Waals surface area contributed by atoms with Crippen molar-refractivity contribution in [1.29, 1.82) is 0 Å². The summed E-state index contributed by atoms with van der Waals surface area (Å²) in [5.41, 5.74) is 5.27. The van der Waals surface area contributed by atoms with Gasteiger partial charge in [0, 0.05) is 21.7 Å². The van der Waals surface area contributed by atoms with Gasteiger partial charge in [-0.15, -0.1) is 22.7 Å². The molecule has 0 aliphatic heterocycles. The third-order valence-corrected chi connectivity index (χ3v) is 7.46. The van der Waals surface area contributed by atoms with E-state index in [1.54, 1.807) is 17.4 Å². The molecule has 7 heteroatoms. The third-order valence-electron chi connectivity index (χ3n) is 3.18. The van der Waals surface area contributed by atoms with Crippen LogP contribution >= 0.6 is 22.7 Å². The highest BCUT2D eigenvalue weighted by Gasteiger charge is 2.25. The van der Waals surface area contributed by atoms with Crippen LogP contribution in [-0.4, -0.2) is 21.5 Å². The summed E-state index contributed by atoms with van der Waals surface area (Å²) >= 11 is 2.93. The van der Waals surface area contributed by atoms with Gasteiger partial charge < -0.3 is 5.73 Å². The molecule has 2 heterocycles. The minimum atomic E-state index is -3.45. The zero-order valence-electron chi connectivity index (χ0n) is 12.1. The van der Waals surface area contributed by atoms with E-state index in [-0.39, 0.29) is 5.41 Å². The van der Waals surface area contributed by atoms with Gasteiger partial charge in [0.25, 0.3) is 0 Å². The van der Waals surface area contributed by atoms with Crippen LogP contribution in [0.4, 0.5) is 0 Å². The van der Waals surface area contributed by atoms with Crippen molar-refractivity contribution in [1.82, 2.24) is 4.72 Å². The van der Waals surface area contributed by atoms with E-state index < -0.39 is 10.0 Å². The first-order valence-corrected chi connectivity index (χ1v) is 9.85. The van der Waals surface area contributed by atoms with E-state index in [4.69, 9.17) is 5.73 Å². The molecule has 0 spiro atoms. The lowest BCUT2D eigenvalue weighted by Crippen LogP contribution is -2.35. The minimum absolute atomic E-state index is 0.224. The first-order chi connectivity index (χ1) is 9.85. The highest BCUT2D eigenvalue weighted by Crippen LogP contribution is 2.28. The van der Waals surface area contributed by atoms with Crippen LogP contribution in [0.2, 0.25) is 0 Å². The predicted octanol–water partition coefficient (Wildman–Crippen LogP) is 2.57. The lowest BCUT2D eigenvalue weighted by molar-refractivity contribution is 0.510. The van der Waals surface area contributed by atoms with Crippen LogP contribution in [-0.2, 0) is 21.9 Å². The van der Waals surface area contributed by atoms with E-state index in [2.05, 4.69) is 4.72 Å². The first kappa shape index (κ1) is 16.6. The van der Waals surface area contributed by atoms with Crippen molar-refractivity contribution in [2.24, 2.45) is 5.73 Å². The summed E-state index contributed by atoms with van der Waals surface area (Å²) in [5.74, 6) is 0. The maximum absolute atomic E-state index is 12.3. The smallest absolute Gasteiger partial charge is 0.250 e. The topological polar surface area (TPSA) is 72.2 Å². The monoisotopic (exact) mass is 344 g/mol. The van der Waals surface area contributed by atoms with Crippen LogP contribution in [0.15, 0.2) is 33.9 Å². The summed E-state index contributed by atoms with van der Waals surface area (Å²) < 4.78 is 27.7. The summed E-state index contributed by atoms with van der Waals surface area (Å²) in [6.45, 7) is 4.98. The average Bonchev–Trinajstić information content (AvgIpc) is 3.08. The van der Waals surface area contributed by atoms with Crippen molar-refractivity contribution in [3.05, 3.63) is 39.4 Å². The Kier molecular flexibility index (Phi) is 5.21. The van der Waals surface area contributed by atoms with E-state index in [0.717, 1.165) is 4.88 Å². The Bertz CT molecular complexity index is 673. The summed E-state index contributed by atoms with van der Waals surface area (Å²) in [5, 5.41) is 2.00. The molecule has 0 unspecified atom stereocenters. The van der Waals surface area contributed by atoms with Gasteiger partial charge in [0.2, 0.25) is 10.0 Å². The fourth-order valence-corrected chi connectivity index (χ4v) is 5.36. The van der Waals surface area contributed by atoms with Gasteiger partial charge in [-0.3, -0.25) is 0 Å². The Morgan fingerprint density at radius 1 is 1.29 bits per heavy atom. The minimum Gasteiger partial charge on any atom is -0.330 e. The van der Waals surface area contributed by atoms with Gasteiger partial charge in [-0.2, -0.15) is 0 Å². The molecule has 2 rings (SSSR count). The number of nitrogens with one attached hydrogen (secondary N) is 1. The molecule has 0 amide bonds. The Hall–Kier alpha value is -0.730. The van der Waals surface area contributed by atoms with Gasteiger partial charge in [-0.05, 0) is 36.5 Å². The number of sulfonamides is 1. The number of hydrogen-bond acceptors (Lipinski definition) is 5. The third kappa shape index (κ3) is 4.14. The largest absolute Gasteiger partial charge is 0.330 e. The molecule has 0 aliphatic rings. The maximum atomic E-state index is 12.3. The molecule has 0 fully saturated rings. The Morgan fingerprint density at radius 2 is 2.05 bits per heavy atom. The van der Waals surface area contributed by atoms with E-state index in [9.17, 15) is 8.42 Å². The van der Waals surface area contributed by atoms with Gasteiger partial charge in [0.15, 0.2) is 0 Å². The lowest BCUT2D eigenvalue weighted by atomic mass is 9.92. The van der Waals surface area contributed by atoms with Gasteiger partial charge in [-0.25, -0.2) is 13.1 Å². The quantitative estimate of drug-likeness (QED) is 0.811. The average molecular weight is 345 g/mol. The molecule has 0 aliphatic carbocycles. The standard InChI is InChI=1S/C14H20N2O2S3/c1-14(2,12-4-3-9-19-12)10-16-21(17,18)13-6-5-11(20-13)7-8-15/h3-6,9,16H,7-8,10,15H2,1-2H3. The molecule has 4 nitrogen and oxygen atoms in total. The van der Waals surface area contributed by atoms with Crippen molar-refractivity contribution < 1.29 is 8.42 Å². The van der Waals surface area contributed by atoms with E-state index in [1.807, 2.05) is 37.4 Å². The van der Waals surface area contributed by atoms with Gasteiger partial charge in [0.05, 0.1) is 0 Å². The molecular weight excluding hydrogens is 324 g/mol. The SMILES string of the molecule is CC(C)(CNS(=O)(=O)c1ccc(CCN)s1)c1cccs1. The molecular formula is C14H20N2O2S3. The summed E-state index contributed by atoms with van der Waals surface area (Å²) in [6, 6.07) is 7.49. The molecule has 3 N–H and O–H groups in total. The van der Waals surface area contributed by atoms with Gasteiger partial charge >= 0.3 is 0 Å². The summed E-state index contributed by atoms with van der Waals surface area (Å²) in [6.07, 6.45) is 0.709. The van der Waals surface area contributed by atoms with Crippen LogP contribution in [0.3, 0.4) is 0 Å². The fourth-order valence-electron chi connectivity index (χ4n) is 1.88. The van der Waals surface area contributed by atoms with Gasteiger partial charge in [0.1, 0.15) is 4.21 Å². The second-order valence-corrected chi connectivity index (χ2v) is 9.55. The zero-order valence-corrected chi connectivity index (χ0v) is 14.6. The van der Waals surface area contributed by atoms with Crippen molar-refractivity contribution in [3.63, 3.8) is 0 Å². The molecule has 0 atom stereocenters. The molecule has 0 bridgehead atoms. The number of hydrogen-bond donors (Lipinski definition) is 2. The Morgan fingerprint density at radius 3 is 2.67 bits per heavy atom. The van der Waals surface area contributed by atoms with E-state index in [0.29, 0.717) is 23.7 Å². The number of nitrogens with two attached hydrogens (primary N) is 1. The predicted molar refractivity (Wildman–Crippen MR) is 89.6 cm³/mol. The molecule has 0 saturated heterocycles. The van der Waals surface area contributed by atoms with Crippen LogP contribution in [0.25, 0.3) is 0 Å². The normalized spacial score (nSPS) is 12.7. The fraction of sp³-hybridized carbons (Fsp3) is 0.429. The highest BCUT2D eigenvalue weighted by molar-refractivity contribution is 7.91. The molecule has 0 radical (unpaired) electrons. The second kappa shape index (κ2) is 6.58. The first-order valence-electron chi connectivity index (χ1n) is 6.67. The van der Waals surface area contributed by atoms with Gasteiger partial charge in [-0.1, -0.05) is 19.9 Å². The lowest BCUT2D eigenvalue weighted by Gasteiger charge is -2.23. The van der Waals surface area contributed by atoms with Crippen molar-refractivity contribution in [3.8, 4) is 0 Å².